The fourth-order valence-electron chi connectivity index (χ4n) is 3.28. The summed E-state index contributed by atoms with van der Waals surface area (Å²) in [5, 5.41) is 8.21. The zero-order valence-electron chi connectivity index (χ0n) is 11.0. The fraction of sp³-hybridized carbons (Fsp3) is 0.125. The van der Waals surface area contributed by atoms with Crippen LogP contribution in [0.15, 0.2) is 54.6 Å². The van der Waals surface area contributed by atoms with Crippen LogP contribution >= 0.6 is 0 Å². The highest BCUT2D eigenvalue weighted by Crippen LogP contribution is 2.55. The first-order valence-corrected chi connectivity index (χ1v) is 6.51. The second-order valence-corrected chi connectivity index (χ2v) is 5.12. The van der Waals surface area contributed by atoms with Crippen molar-refractivity contribution in [1.29, 1.82) is 5.41 Å². The summed E-state index contributed by atoms with van der Waals surface area (Å²) in [5.74, 6) is 0.171. The molecule has 1 amide bonds. The summed E-state index contributed by atoms with van der Waals surface area (Å²) < 4.78 is 0. The quantitative estimate of drug-likeness (QED) is 0.857. The van der Waals surface area contributed by atoms with Gasteiger partial charge in [-0.05, 0) is 11.6 Å². The first-order valence-electron chi connectivity index (χ1n) is 6.51. The van der Waals surface area contributed by atoms with Gasteiger partial charge in [0.25, 0.3) is 5.91 Å². The van der Waals surface area contributed by atoms with E-state index in [2.05, 4.69) is 0 Å². The van der Waals surface area contributed by atoms with Crippen molar-refractivity contribution in [3.63, 3.8) is 0 Å². The van der Waals surface area contributed by atoms with Crippen LogP contribution < -0.4 is 4.90 Å². The van der Waals surface area contributed by atoms with Crippen LogP contribution in [0.3, 0.4) is 0 Å². The lowest BCUT2D eigenvalue weighted by Gasteiger charge is -2.47. The Balaban J connectivity index is 2.05. The molecular weight excluding hydrogens is 250 g/mol. The van der Waals surface area contributed by atoms with E-state index in [1.165, 1.54) is 4.90 Å². The zero-order valence-corrected chi connectivity index (χ0v) is 11.0. The molecule has 98 valence electrons. The van der Waals surface area contributed by atoms with E-state index < -0.39 is 5.54 Å². The number of hydrogen-bond acceptors (Lipinski definition) is 2. The lowest BCUT2D eigenvalue weighted by Crippen LogP contribution is -2.56. The Morgan fingerprint density at radius 1 is 1.00 bits per heavy atom. The van der Waals surface area contributed by atoms with Gasteiger partial charge < -0.3 is 0 Å². The molecule has 2 heterocycles. The summed E-state index contributed by atoms with van der Waals surface area (Å²) in [5.41, 5.74) is 1.99. The highest BCUT2D eigenvalue weighted by atomic mass is 16.2. The van der Waals surface area contributed by atoms with Crippen molar-refractivity contribution in [2.75, 3.05) is 11.9 Å². The Bertz CT molecular complexity index is 740. The lowest BCUT2D eigenvalue weighted by atomic mass is 9.74. The molecule has 1 unspecified atom stereocenters. The van der Waals surface area contributed by atoms with E-state index in [1.54, 1.807) is 7.05 Å². The summed E-state index contributed by atoms with van der Waals surface area (Å²) >= 11 is 0. The third kappa shape index (κ3) is 1.00. The Labute approximate surface area is 116 Å². The zero-order chi connectivity index (χ0) is 13.9. The predicted molar refractivity (Wildman–Crippen MR) is 76.6 cm³/mol. The molecule has 2 aromatic rings. The van der Waals surface area contributed by atoms with Crippen molar-refractivity contribution in [2.24, 2.45) is 0 Å². The highest BCUT2D eigenvalue weighted by Gasteiger charge is 2.64. The Morgan fingerprint density at radius 2 is 1.65 bits per heavy atom. The molecule has 2 aliphatic heterocycles. The molecule has 1 saturated heterocycles. The molecule has 0 aromatic heterocycles. The van der Waals surface area contributed by atoms with Gasteiger partial charge in [-0.25, -0.2) is 0 Å². The third-order valence-electron chi connectivity index (χ3n) is 4.21. The standard InChI is InChI=1S/C16H13N3O/c1-18-14(20)16(11-7-3-2-4-8-11)12-9-5-6-10-13(12)19(16)15(18)17/h2-10,17H,1H3. The molecule has 1 fully saturated rings. The molecule has 0 spiro atoms. The number of hydrogen-bond donors (Lipinski definition) is 1. The lowest BCUT2D eigenvalue weighted by molar-refractivity contribution is -0.129. The molecule has 0 aliphatic carbocycles. The molecule has 2 aromatic carbocycles. The topological polar surface area (TPSA) is 47.4 Å². The second-order valence-electron chi connectivity index (χ2n) is 5.12. The molecule has 20 heavy (non-hydrogen) atoms. The van der Waals surface area contributed by atoms with Crippen LogP contribution in [0.4, 0.5) is 5.69 Å². The maximum Gasteiger partial charge on any atom is 0.264 e. The normalized spacial score (nSPS) is 23.4. The monoisotopic (exact) mass is 263 g/mol. The molecule has 4 nitrogen and oxygen atoms in total. The summed E-state index contributed by atoms with van der Waals surface area (Å²) in [7, 11) is 1.66. The van der Waals surface area contributed by atoms with Gasteiger partial charge in [-0.1, -0.05) is 48.5 Å². The smallest absolute Gasteiger partial charge is 0.264 e. The average Bonchev–Trinajstić information content (AvgIpc) is 2.64. The SMILES string of the molecule is CN1C(=N)N2c3ccccc3C2(c2ccccc2)C1=O. The van der Waals surface area contributed by atoms with E-state index in [4.69, 9.17) is 5.41 Å². The number of para-hydroxylation sites is 1. The molecule has 4 rings (SSSR count). The van der Waals surface area contributed by atoms with Crippen LogP contribution in [-0.2, 0) is 10.3 Å². The van der Waals surface area contributed by atoms with E-state index in [1.807, 2.05) is 59.5 Å². The molecule has 0 bridgehead atoms. The van der Waals surface area contributed by atoms with Gasteiger partial charge in [-0.15, -0.1) is 0 Å². The van der Waals surface area contributed by atoms with E-state index in [-0.39, 0.29) is 11.9 Å². The predicted octanol–water partition coefficient (Wildman–Crippen LogP) is 2.16. The van der Waals surface area contributed by atoms with Gasteiger partial charge in [0, 0.05) is 12.6 Å². The summed E-state index contributed by atoms with van der Waals surface area (Å²) in [6, 6.07) is 17.5. The maximum absolute atomic E-state index is 12.8. The minimum atomic E-state index is -0.844. The van der Waals surface area contributed by atoms with Crippen molar-refractivity contribution < 1.29 is 4.79 Å². The molecule has 2 aliphatic rings. The molecule has 0 saturated carbocycles. The van der Waals surface area contributed by atoms with Crippen LogP contribution in [0.5, 0.6) is 0 Å². The number of nitrogens with zero attached hydrogens (tertiary/aromatic N) is 2. The number of guanidine groups is 1. The fourth-order valence-corrected chi connectivity index (χ4v) is 3.28. The van der Waals surface area contributed by atoms with Crippen LogP contribution in [0, 0.1) is 5.41 Å². The summed E-state index contributed by atoms with van der Waals surface area (Å²) in [4.78, 5) is 16.0. The van der Waals surface area contributed by atoms with Gasteiger partial charge in [0.2, 0.25) is 5.96 Å². The second kappa shape index (κ2) is 3.48. The number of benzene rings is 2. The first kappa shape index (κ1) is 11.2. The van der Waals surface area contributed by atoms with Crippen molar-refractivity contribution in [1.82, 2.24) is 4.90 Å². The minimum absolute atomic E-state index is 0.0626. The number of rotatable bonds is 1. The average molecular weight is 263 g/mol. The van der Waals surface area contributed by atoms with Gasteiger partial charge in [0.15, 0.2) is 5.54 Å². The van der Waals surface area contributed by atoms with Crippen molar-refractivity contribution in [3.05, 3.63) is 65.7 Å². The molecule has 4 heteroatoms. The van der Waals surface area contributed by atoms with Crippen molar-refractivity contribution in [2.45, 2.75) is 5.54 Å². The maximum atomic E-state index is 12.8. The van der Waals surface area contributed by atoms with Crippen molar-refractivity contribution >= 4 is 17.6 Å². The Kier molecular flexibility index (Phi) is 1.95. The van der Waals surface area contributed by atoms with Gasteiger partial charge in [0.1, 0.15) is 0 Å². The van der Waals surface area contributed by atoms with Crippen LogP contribution in [0.2, 0.25) is 0 Å². The Morgan fingerprint density at radius 3 is 2.40 bits per heavy atom. The number of amides is 1. The van der Waals surface area contributed by atoms with Crippen LogP contribution in [0.25, 0.3) is 0 Å². The van der Waals surface area contributed by atoms with Crippen molar-refractivity contribution in [3.8, 4) is 0 Å². The van der Waals surface area contributed by atoms with E-state index in [0.717, 1.165) is 16.8 Å². The van der Waals surface area contributed by atoms with E-state index in [9.17, 15) is 4.79 Å². The summed E-state index contributed by atoms with van der Waals surface area (Å²) in [6.07, 6.45) is 0. The van der Waals surface area contributed by atoms with E-state index in [0.29, 0.717) is 0 Å². The molecular formula is C16H13N3O. The molecule has 1 atom stereocenters. The molecule has 0 radical (unpaired) electrons. The van der Waals surface area contributed by atoms with Gasteiger partial charge in [-0.2, -0.15) is 0 Å². The first-order chi connectivity index (χ1) is 9.69. The number of nitrogens with one attached hydrogen (secondary N) is 1. The minimum Gasteiger partial charge on any atom is -0.288 e. The largest absolute Gasteiger partial charge is 0.288 e. The van der Waals surface area contributed by atoms with Crippen LogP contribution in [-0.4, -0.2) is 23.8 Å². The third-order valence-corrected chi connectivity index (χ3v) is 4.21. The highest BCUT2D eigenvalue weighted by molar-refractivity contribution is 6.24. The Hall–Kier alpha value is -2.62. The number of likely N-dealkylation sites (N-methyl/N-ethyl adjacent to an activating group) is 1. The van der Waals surface area contributed by atoms with Gasteiger partial charge in [0.05, 0.1) is 5.69 Å². The van der Waals surface area contributed by atoms with Crippen LogP contribution in [0.1, 0.15) is 11.1 Å². The number of carbonyl (C=O) groups excluding carboxylic acids is 1. The summed E-state index contributed by atoms with van der Waals surface area (Å²) in [6.45, 7) is 0. The number of anilines is 1. The number of carbonyl (C=O) groups is 1. The molecule has 1 N–H and O–H groups in total. The number of fused-ring (bicyclic) bond motifs is 4. The van der Waals surface area contributed by atoms with Gasteiger partial charge >= 0.3 is 0 Å². The van der Waals surface area contributed by atoms with E-state index >= 15 is 0 Å². The van der Waals surface area contributed by atoms with Gasteiger partial charge in [-0.3, -0.25) is 20.0 Å².